The van der Waals surface area contributed by atoms with Gasteiger partial charge in [-0.2, -0.15) is 0 Å². The highest BCUT2D eigenvalue weighted by Crippen LogP contribution is 2.58. The maximum atomic E-state index is 6.41. The minimum atomic E-state index is -0.424. The van der Waals surface area contributed by atoms with Crippen molar-refractivity contribution in [3.63, 3.8) is 0 Å². The third-order valence-electron chi connectivity index (χ3n) is 10.1. The molecule has 214 valence electrons. The Bertz CT molecular complexity index is 2590. The monoisotopic (exact) mass is 584 g/mol. The van der Waals surface area contributed by atoms with E-state index < -0.39 is 5.41 Å². The summed E-state index contributed by atoms with van der Waals surface area (Å²) < 4.78 is 6.41. The van der Waals surface area contributed by atoms with E-state index in [0.29, 0.717) is 0 Å². The van der Waals surface area contributed by atoms with Crippen molar-refractivity contribution in [1.29, 1.82) is 0 Å². The highest BCUT2D eigenvalue weighted by molar-refractivity contribution is 6.15. The van der Waals surface area contributed by atoms with Gasteiger partial charge >= 0.3 is 0 Å². The van der Waals surface area contributed by atoms with Crippen LogP contribution >= 0.6 is 0 Å². The molecule has 0 atom stereocenters. The Hall–Kier alpha value is -5.92. The van der Waals surface area contributed by atoms with Crippen molar-refractivity contribution in [2.75, 3.05) is 0 Å². The summed E-state index contributed by atoms with van der Waals surface area (Å²) >= 11 is 0. The summed E-state index contributed by atoms with van der Waals surface area (Å²) in [7, 11) is 0. The van der Waals surface area contributed by atoms with Crippen molar-refractivity contribution in [3.8, 4) is 22.3 Å². The number of furan rings is 1. The second-order valence-electron chi connectivity index (χ2n) is 12.4. The molecule has 1 aliphatic rings. The Morgan fingerprint density at radius 2 is 1.04 bits per heavy atom. The summed E-state index contributed by atoms with van der Waals surface area (Å²) in [4.78, 5) is 0. The van der Waals surface area contributed by atoms with Crippen molar-refractivity contribution >= 4 is 43.5 Å². The van der Waals surface area contributed by atoms with Gasteiger partial charge in [-0.05, 0) is 84.9 Å². The van der Waals surface area contributed by atoms with Gasteiger partial charge in [0.2, 0.25) is 0 Å². The van der Waals surface area contributed by atoms with Gasteiger partial charge in [-0.1, -0.05) is 146 Å². The van der Waals surface area contributed by atoms with Crippen molar-refractivity contribution in [2.24, 2.45) is 0 Å². The Kier molecular flexibility index (Phi) is 5.27. The highest BCUT2D eigenvalue weighted by atomic mass is 16.3. The third kappa shape index (κ3) is 3.40. The summed E-state index contributed by atoms with van der Waals surface area (Å²) in [6.07, 6.45) is 0. The molecule has 0 spiro atoms. The first kappa shape index (κ1) is 25.4. The van der Waals surface area contributed by atoms with Gasteiger partial charge in [-0.25, -0.2) is 0 Å². The fraction of sp³-hybridized carbons (Fsp3) is 0.0222. The molecule has 0 radical (unpaired) electrons. The highest BCUT2D eigenvalue weighted by Gasteiger charge is 2.46. The topological polar surface area (TPSA) is 13.1 Å². The van der Waals surface area contributed by atoms with Crippen LogP contribution in [0.5, 0.6) is 0 Å². The zero-order chi connectivity index (χ0) is 30.2. The first-order valence-corrected chi connectivity index (χ1v) is 15.9. The maximum absolute atomic E-state index is 6.41. The molecule has 0 aliphatic heterocycles. The molecule has 1 heterocycles. The zero-order valence-electron chi connectivity index (χ0n) is 25.1. The molecule has 1 aliphatic carbocycles. The van der Waals surface area contributed by atoms with Crippen LogP contribution in [0.3, 0.4) is 0 Å². The molecule has 0 amide bonds. The van der Waals surface area contributed by atoms with Gasteiger partial charge in [0.1, 0.15) is 11.2 Å². The minimum absolute atomic E-state index is 0.424. The Labute approximate surface area is 267 Å². The average Bonchev–Trinajstić information content (AvgIpc) is 3.66. The molecule has 8 aromatic carbocycles. The van der Waals surface area contributed by atoms with Crippen molar-refractivity contribution in [2.45, 2.75) is 5.41 Å². The summed E-state index contributed by atoms with van der Waals surface area (Å²) in [5.74, 6) is 0. The Morgan fingerprint density at radius 3 is 1.87 bits per heavy atom. The second-order valence-corrected chi connectivity index (χ2v) is 12.4. The zero-order valence-corrected chi connectivity index (χ0v) is 25.1. The van der Waals surface area contributed by atoms with E-state index in [4.69, 9.17) is 4.42 Å². The Morgan fingerprint density at radius 1 is 0.391 bits per heavy atom. The van der Waals surface area contributed by atoms with Gasteiger partial charge < -0.3 is 4.42 Å². The maximum Gasteiger partial charge on any atom is 0.143 e. The van der Waals surface area contributed by atoms with E-state index in [1.807, 2.05) is 0 Å². The third-order valence-corrected chi connectivity index (χ3v) is 10.1. The van der Waals surface area contributed by atoms with E-state index in [1.165, 1.54) is 60.7 Å². The molecular weight excluding hydrogens is 556 g/mol. The van der Waals surface area contributed by atoms with Gasteiger partial charge in [0.15, 0.2) is 0 Å². The number of fused-ring (bicyclic) bond motifs is 10. The van der Waals surface area contributed by atoms with Crippen LogP contribution in [-0.4, -0.2) is 0 Å². The SMILES string of the molecule is c1ccc(C2(c3ccccc3)c3ccccc3-c3ccc4cc(-c5ccc6oc7c8ccccc8ccc7c6c5)ccc4c32)cc1. The standard InChI is InChI=1S/C45H28O/c1-3-12-33(13-4-1)45(34-14-5-2-6-15-34)41-18-10-9-17-37(41)38-24-21-32-27-30(20-23-35(32)43(38)45)31-22-26-42-40(28-31)39-25-19-29-11-7-8-16-36(29)44(39)46-42/h1-28H. The summed E-state index contributed by atoms with van der Waals surface area (Å²) in [5, 5.41) is 7.17. The molecule has 9 aromatic rings. The lowest BCUT2D eigenvalue weighted by molar-refractivity contribution is 0.672. The first-order valence-electron chi connectivity index (χ1n) is 15.9. The van der Waals surface area contributed by atoms with Crippen molar-refractivity contribution < 1.29 is 4.42 Å². The average molecular weight is 585 g/mol. The van der Waals surface area contributed by atoms with Crippen LogP contribution < -0.4 is 0 Å². The second kappa shape index (κ2) is 9.54. The molecule has 46 heavy (non-hydrogen) atoms. The van der Waals surface area contributed by atoms with Gasteiger partial charge in [-0.15, -0.1) is 0 Å². The molecule has 10 rings (SSSR count). The van der Waals surface area contributed by atoms with E-state index in [2.05, 4.69) is 170 Å². The smallest absolute Gasteiger partial charge is 0.143 e. The van der Waals surface area contributed by atoms with Crippen LogP contribution in [-0.2, 0) is 5.41 Å². The Balaban J connectivity index is 1.21. The normalized spacial score (nSPS) is 13.4. The van der Waals surface area contributed by atoms with Gasteiger partial charge in [0.25, 0.3) is 0 Å². The number of hydrogen-bond acceptors (Lipinski definition) is 1. The van der Waals surface area contributed by atoms with Crippen LogP contribution in [0.4, 0.5) is 0 Å². The lowest BCUT2D eigenvalue weighted by Gasteiger charge is -2.34. The predicted molar refractivity (Wildman–Crippen MR) is 191 cm³/mol. The molecule has 0 saturated carbocycles. The van der Waals surface area contributed by atoms with E-state index in [-0.39, 0.29) is 0 Å². The summed E-state index contributed by atoms with van der Waals surface area (Å²) in [6, 6.07) is 62.1. The van der Waals surface area contributed by atoms with E-state index in [0.717, 1.165) is 27.3 Å². The fourth-order valence-electron chi connectivity index (χ4n) is 8.14. The molecule has 1 nitrogen and oxygen atoms in total. The number of benzene rings is 8. The van der Waals surface area contributed by atoms with Crippen LogP contribution in [0.15, 0.2) is 174 Å². The van der Waals surface area contributed by atoms with Crippen LogP contribution in [0.1, 0.15) is 22.3 Å². The molecule has 0 N–H and O–H groups in total. The molecular formula is C45H28O. The minimum Gasteiger partial charge on any atom is -0.455 e. The molecule has 0 saturated heterocycles. The molecule has 1 aromatic heterocycles. The molecule has 0 fully saturated rings. The van der Waals surface area contributed by atoms with Crippen LogP contribution in [0.2, 0.25) is 0 Å². The fourth-order valence-corrected chi connectivity index (χ4v) is 8.14. The van der Waals surface area contributed by atoms with E-state index >= 15 is 0 Å². The predicted octanol–water partition coefficient (Wildman–Crippen LogP) is 11.9. The van der Waals surface area contributed by atoms with Crippen molar-refractivity contribution in [3.05, 3.63) is 192 Å². The largest absolute Gasteiger partial charge is 0.455 e. The van der Waals surface area contributed by atoms with Crippen LogP contribution in [0.25, 0.3) is 65.7 Å². The van der Waals surface area contributed by atoms with Gasteiger partial charge in [0.05, 0.1) is 5.41 Å². The number of hydrogen-bond donors (Lipinski definition) is 0. The quantitative estimate of drug-likeness (QED) is 0.201. The van der Waals surface area contributed by atoms with Gasteiger partial charge in [-0.3, -0.25) is 0 Å². The molecule has 0 bridgehead atoms. The van der Waals surface area contributed by atoms with E-state index in [9.17, 15) is 0 Å². The van der Waals surface area contributed by atoms with Gasteiger partial charge in [0, 0.05) is 16.2 Å². The lowest BCUT2D eigenvalue weighted by atomic mass is 9.66. The summed E-state index contributed by atoms with van der Waals surface area (Å²) in [5.41, 5.74) is 11.7. The molecule has 0 unspecified atom stereocenters. The first-order chi connectivity index (χ1) is 22.8. The number of rotatable bonds is 3. The molecule has 1 heteroatoms. The van der Waals surface area contributed by atoms with E-state index in [1.54, 1.807) is 0 Å². The van der Waals surface area contributed by atoms with Crippen molar-refractivity contribution in [1.82, 2.24) is 0 Å². The van der Waals surface area contributed by atoms with Crippen LogP contribution in [0, 0.1) is 0 Å². The lowest BCUT2D eigenvalue weighted by Crippen LogP contribution is -2.28. The summed E-state index contributed by atoms with van der Waals surface area (Å²) in [6.45, 7) is 0.